The number of nitrogens with two attached hydrogens (primary N) is 1. The number of imidazole rings is 1. The first-order valence-corrected chi connectivity index (χ1v) is 20.8. The van der Waals surface area contributed by atoms with Crippen LogP contribution in [0.3, 0.4) is 0 Å². The van der Waals surface area contributed by atoms with Gasteiger partial charge >= 0.3 is 0 Å². The minimum Gasteiger partial charge on any atom is -0.494 e. The summed E-state index contributed by atoms with van der Waals surface area (Å²) in [5, 5.41) is 5.58. The molecule has 284 valence electrons. The number of hydrogen-bond donors (Lipinski definition) is 1. The Labute approximate surface area is 330 Å². The Hall–Kier alpha value is -5.45. The van der Waals surface area contributed by atoms with E-state index < -0.39 is 26.7 Å². The zero-order chi connectivity index (χ0) is 38.3. The molecule has 1 aliphatic heterocycles. The maximum atomic E-state index is 14.6. The summed E-state index contributed by atoms with van der Waals surface area (Å²) in [7, 11) is -2.41. The second-order valence-corrected chi connectivity index (χ2v) is 18.1. The van der Waals surface area contributed by atoms with Crippen LogP contribution in [0.5, 0.6) is 5.75 Å². The van der Waals surface area contributed by atoms with Crippen molar-refractivity contribution in [2.24, 2.45) is 17.6 Å². The topological polar surface area (TPSA) is 169 Å². The first-order valence-electron chi connectivity index (χ1n) is 18.6. The van der Waals surface area contributed by atoms with E-state index in [-0.39, 0.29) is 17.3 Å². The maximum absolute atomic E-state index is 14.6. The van der Waals surface area contributed by atoms with Crippen LogP contribution in [0.25, 0.3) is 39.4 Å². The van der Waals surface area contributed by atoms with Gasteiger partial charge < -0.3 is 24.5 Å². The van der Waals surface area contributed by atoms with Crippen molar-refractivity contribution in [2.45, 2.75) is 54.6 Å². The molecule has 1 amide bonds. The third-order valence-corrected chi connectivity index (χ3v) is 14.6. The Bertz CT molecular complexity index is 2780. The van der Waals surface area contributed by atoms with Crippen LogP contribution in [0.15, 0.2) is 101 Å². The van der Waals surface area contributed by atoms with E-state index in [1.807, 2.05) is 18.5 Å². The van der Waals surface area contributed by atoms with Gasteiger partial charge in [0.05, 0.1) is 48.2 Å². The molecule has 3 atom stereocenters. The highest BCUT2D eigenvalue weighted by Crippen LogP contribution is 2.50. The molecule has 14 nitrogen and oxygen atoms in total. The van der Waals surface area contributed by atoms with Crippen LogP contribution in [0.1, 0.15) is 41.6 Å². The van der Waals surface area contributed by atoms with Crippen LogP contribution in [-0.4, -0.2) is 82.6 Å². The van der Waals surface area contributed by atoms with Gasteiger partial charge in [0.2, 0.25) is 0 Å². The number of fused-ring (bicyclic) bond motifs is 4. The molecule has 0 radical (unpaired) electrons. The number of halogens is 1. The molecule has 2 aliphatic carbocycles. The Kier molecular flexibility index (Phi) is 8.16. The van der Waals surface area contributed by atoms with Crippen molar-refractivity contribution in [3.8, 4) is 23.1 Å². The Morgan fingerprint density at radius 1 is 1.00 bits per heavy atom. The van der Waals surface area contributed by atoms with Gasteiger partial charge in [-0.3, -0.25) is 9.78 Å². The fraction of sp³-hybridized carbons (Fsp3) is 0.300. The molecule has 5 aromatic heterocycles. The molecule has 1 saturated heterocycles. The number of ether oxygens (including phenoxy) is 1. The Balaban J connectivity index is 1.08. The largest absolute Gasteiger partial charge is 0.494 e. The third-order valence-electron chi connectivity index (χ3n) is 11.6. The molecular formula is C40H37BrN10O4S. The molecule has 3 aliphatic rings. The summed E-state index contributed by atoms with van der Waals surface area (Å²) in [6.45, 7) is 1.43. The Morgan fingerprint density at radius 3 is 2.61 bits per heavy atom. The Morgan fingerprint density at radius 2 is 1.84 bits per heavy atom. The van der Waals surface area contributed by atoms with Gasteiger partial charge in [0.1, 0.15) is 21.8 Å². The van der Waals surface area contributed by atoms with Gasteiger partial charge in [-0.25, -0.2) is 28.1 Å². The molecule has 2 aromatic carbocycles. The van der Waals surface area contributed by atoms with Crippen LogP contribution >= 0.6 is 15.9 Å². The van der Waals surface area contributed by atoms with Crippen molar-refractivity contribution in [1.82, 2.24) is 43.8 Å². The number of sulfone groups is 1. The van der Waals surface area contributed by atoms with E-state index in [0.717, 1.165) is 46.1 Å². The summed E-state index contributed by atoms with van der Waals surface area (Å²) in [5.74, 6) is 1.58. The van der Waals surface area contributed by atoms with E-state index in [4.69, 9.17) is 20.4 Å². The highest BCUT2D eigenvalue weighted by atomic mass is 79.9. The molecule has 2 saturated carbocycles. The highest BCUT2D eigenvalue weighted by molar-refractivity contribution is 9.10. The van der Waals surface area contributed by atoms with Crippen LogP contribution in [0.4, 0.5) is 0 Å². The van der Waals surface area contributed by atoms with Crippen molar-refractivity contribution in [2.75, 3.05) is 13.7 Å². The SMILES string of the molecule is COc1cc(C(=O)N2CC3CCC2C3(N)S(=O)(=O)c2ccc(Br)cc2)cc2nc(-c3cc4cccnc4n3CC3CC3)n(Cc3cnn(-c4cnccn4)c3)c12. The van der Waals surface area contributed by atoms with Gasteiger partial charge in [-0.2, -0.15) is 5.10 Å². The lowest BCUT2D eigenvalue weighted by atomic mass is 10.1. The number of hydrogen-bond acceptors (Lipinski definition) is 10. The lowest BCUT2D eigenvalue weighted by Crippen LogP contribution is -2.57. The number of nitrogens with zero attached hydrogens (tertiary/aromatic N) is 9. The summed E-state index contributed by atoms with van der Waals surface area (Å²) >= 11 is 3.39. The molecule has 2 N–H and O–H groups in total. The van der Waals surface area contributed by atoms with Gasteiger partial charge in [-0.05, 0) is 86.2 Å². The fourth-order valence-electron chi connectivity index (χ4n) is 8.72. The highest BCUT2D eigenvalue weighted by Gasteiger charge is 2.64. The van der Waals surface area contributed by atoms with E-state index in [0.29, 0.717) is 59.3 Å². The zero-order valence-electron chi connectivity index (χ0n) is 30.4. The van der Waals surface area contributed by atoms with Crippen LogP contribution in [0, 0.1) is 11.8 Å². The number of carbonyl (C=O) groups is 1. The van der Waals surface area contributed by atoms with E-state index in [9.17, 15) is 13.2 Å². The first-order chi connectivity index (χ1) is 27.1. The second kappa shape index (κ2) is 13.1. The van der Waals surface area contributed by atoms with Crippen molar-refractivity contribution in [3.05, 3.63) is 107 Å². The van der Waals surface area contributed by atoms with Gasteiger partial charge in [0, 0.05) is 64.8 Å². The lowest BCUT2D eigenvalue weighted by Gasteiger charge is -2.32. The number of amides is 1. The fourth-order valence-corrected chi connectivity index (χ4v) is 11.1. The van der Waals surface area contributed by atoms with Crippen LogP contribution in [0.2, 0.25) is 0 Å². The monoisotopic (exact) mass is 832 g/mol. The number of carbonyl (C=O) groups excluding carboxylic acids is 1. The van der Waals surface area contributed by atoms with Gasteiger partial charge in [0.15, 0.2) is 21.5 Å². The number of aromatic nitrogens is 8. The van der Waals surface area contributed by atoms with E-state index >= 15 is 0 Å². The molecule has 3 unspecified atom stereocenters. The average molecular weight is 834 g/mol. The molecule has 16 heteroatoms. The molecule has 0 spiro atoms. The van der Waals surface area contributed by atoms with Crippen molar-refractivity contribution in [3.63, 3.8) is 0 Å². The van der Waals surface area contributed by atoms with E-state index in [2.05, 4.69) is 52.3 Å². The van der Waals surface area contributed by atoms with Gasteiger partial charge in [0.25, 0.3) is 5.91 Å². The summed E-state index contributed by atoms with van der Waals surface area (Å²) in [6, 6.07) is 15.4. The number of methoxy groups -OCH3 is 1. The molecule has 3 fully saturated rings. The summed E-state index contributed by atoms with van der Waals surface area (Å²) in [5.41, 5.74) is 11.2. The maximum Gasteiger partial charge on any atom is 0.254 e. The quantitative estimate of drug-likeness (QED) is 0.183. The number of pyridine rings is 1. The third kappa shape index (κ3) is 5.48. The molecule has 10 rings (SSSR count). The van der Waals surface area contributed by atoms with E-state index in [1.54, 1.807) is 77.9 Å². The number of piperidine rings is 1. The standard InChI is InChI=1S/C40H37BrN10O4S/c1-55-33-17-27(39(52)49-23-28-6-11-34(49)40(28,42)56(53,54)30-9-7-29(41)8-10-30)15-31-36(33)50(21-25-18-46-51(22-25)35-19-43-13-14-44-35)38(47-31)32-16-26-3-2-12-45-37(26)48(32)20-24-4-5-24/h2-3,7-10,12-19,22,24,28,34H,4-6,11,20-21,23,42H2,1H3. The molecule has 7 aromatic rings. The van der Waals surface area contributed by atoms with Crippen LogP contribution < -0.4 is 10.5 Å². The smallest absolute Gasteiger partial charge is 0.254 e. The number of rotatable bonds is 10. The summed E-state index contributed by atoms with van der Waals surface area (Å²) < 4.78 is 41.2. The molecule has 2 bridgehead atoms. The summed E-state index contributed by atoms with van der Waals surface area (Å²) in [4.78, 5) is 33.4. The molecule has 6 heterocycles. The summed E-state index contributed by atoms with van der Waals surface area (Å²) in [6.07, 6.45) is 13.8. The van der Waals surface area contributed by atoms with Crippen molar-refractivity contribution >= 4 is 53.7 Å². The van der Waals surface area contributed by atoms with Crippen molar-refractivity contribution in [1.29, 1.82) is 0 Å². The minimum atomic E-state index is -3.98. The second-order valence-electron chi connectivity index (χ2n) is 15.0. The van der Waals surface area contributed by atoms with E-state index in [1.165, 1.54) is 0 Å². The predicted octanol–water partition coefficient (Wildman–Crippen LogP) is 5.62. The van der Waals surface area contributed by atoms with Gasteiger partial charge in [-0.1, -0.05) is 15.9 Å². The van der Waals surface area contributed by atoms with Gasteiger partial charge in [-0.15, -0.1) is 0 Å². The van der Waals surface area contributed by atoms with Crippen molar-refractivity contribution < 1.29 is 17.9 Å². The first kappa shape index (κ1) is 35.0. The average Bonchev–Trinajstić information content (AvgIpc) is 3.49. The zero-order valence-corrected chi connectivity index (χ0v) is 32.8. The minimum absolute atomic E-state index is 0.145. The molecule has 56 heavy (non-hydrogen) atoms. The number of likely N-dealkylation sites (tertiary alicyclic amines) is 1. The van der Waals surface area contributed by atoms with Crippen LogP contribution in [-0.2, 0) is 22.9 Å². The molecular weight excluding hydrogens is 796 g/mol. The predicted molar refractivity (Wildman–Crippen MR) is 212 cm³/mol. The number of benzene rings is 2. The normalized spacial score (nSPS) is 20.7. The lowest BCUT2D eigenvalue weighted by molar-refractivity contribution is 0.0697.